The highest BCUT2D eigenvalue weighted by Crippen LogP contribution is 2.29. The van der Waals surface area contributed by atoms with Gasteiger partial charge in [0.2, 0.25) is 5.95 Å². The Kier molecular flexibility index (Phi) is 8.26. The fourth-order valence-corrected chi connectivity index (χ4v) is 4.89. The molecule has 0 spiro atoms. The predicted molar refractivity (Wildman–Crippen MR) is 163 cm³/mol. The number of carbonyl (C=O) groups is 1. The van der Waals surface area contributed by atoms with Gasteiger partial charge in [-0.2, -0.15) is 0 Å². The number of urea groups is 1. The molecule has 2 amide bonds. The van der Waals surface area contributed by atoms with Gasteiger partial charge < -0.3 is 15.0 Å². The first-order valence-electron chi connectivity index (χ1n) is 14.1. The standard InChI is InChI=1S/C33H28F2N6O3/c34-24-9-11-25(12-10-24)38-32-37-20-27(31(42)41(32)21-22-6-2-1-3-7-22)23-8-13-29(28(35)18-23)44-26-14-15-36-30(19-26)39-33(43)40-16-4-5-17-40/h1-3,6-15,18-20H,4-5,16-17,21H2,(H,37,38)(H,36,39,43). The zero-order valence-corrected chi connectivity index (χ0v) is 23.5. The van der Waals surface area contributed by atoms with E-state index in [0.717, 1.165) is 18.4 Å². The zero-order chi connectivity index (χ0) is 30.5. The smallest absolute Gasteiger partial charge is 0.323 e. The number of hydrogen-bond acceptors (Lipinski definition) is 6. The fraction of sp³-hybridized carbons (Fsp3) is 0.152. The molecule has 2 N–H and O–H groups in total. The van der Waals surface area contributed by atoms with Crippen LogP contribution in [-0.2, 0) is 6.54 Å². The molecule has 1 saturated heterocycles. The third kappa shape index (κ3) is 6.57. The summed E-state index contributed by atoms with van der Waals surface area (Å²) in [7, 11) is 0. The highest BCUT2D eigenvalue weighted by atomic mass is 19.1. The van der Waals surface area contributed by atoms with E-state index in [9.17, 15) is 14.0 Å². The number of likely N-dealkylation sites (tertiary alicyclic amines) is 1. The molecule has 3 heterocycles. The lowest BCUT2D eigenvalue weighted by Gasteiger charge is -2.16. The Bertz CT molecular complexity index is 1840. The van der Waals surface area contributed by atoms with Gasteiger partial charge in [-0.3, -0.25) is 14.7 Å². The van der Waals surface area contributed by atoms with Crippen LogP contribution in [0.2, 0.25) is 0 Å². The number of carbonyl (C=O) groups excluding carboxylic acids is 1. The molecular formula is C33H28F2N6O3. The SMILES string of the molecule is O=C(Nc1cc(Oc2ccc(-c3cnc(Nc4ccc(F)cc4)n(Cc4ccccc4)c3=O)cc2F)ccn1)N1CCCC1. The van der Waals surface area contributed by atoms with Crippen LogP contribution in [0, 0.1) is 11.6 Å². The van der Waals surface area contributed by atoms with E-state index < -0.39 is 11.4 Å². The molecule has 1 aliphatic heterocycles. The molecule has 6 rings (SSSR count). The van der Waals surface area contributed by atoms with E-state index in [-0.39, 0.29) is 47.2 Å². The summed E-state index contributed by atoms with van der Waals surface area (Å²) in [5.41, 5.74) is 1.52. The monoisotopic (exact) mass is 594 g/mol. The number of pyridine rings is 1. The number of halogens is 2. The van der Waals surface area contributed by atoms with Gasteiger partial charge in [-0.25, -0.2) is 23.5 Å². The Morgan fingerprint density at radius 2 is 1.68 bits per heavy atom. The minimum absolute atomic E-state index is 0.0658. The first-order chi connectivity index (χ1) is 21.4. The van der Waals surface area contributed by atoms with Gasteiger partial charge in [-0.05, 0) is 66.4 Å². The maximum Gasteiger partial charge on any atom is 0.323 e. The average molecular weight is 595 g/mol. The van der Waals surface area contributed by atoms with E-state index in [1.807, 2.05) is 30.3 Å². The van der Waals surface area contributed by atoms with Crippen molar-refractivity contribution in [2.75, 3.05) is 23.7 Å². The lowest BCUT2D eigenvalue weighted by molar-refractivity contribution is 0.222. The number of nitrogens with zero attached hydrogens (tertiary/aromatic N) is 4. The van der Waals surface area contributed by atoms with Crippen molar-refractivity contribution in [2.24, 2.45) is 0 Å². The molecule has 0 atom stereocenters. The van der Waals surface area contributed by atoms with Crippen LogP contribution in [0.1, 0.15) is 18.4 Å². The lowest BCUT2D eigenvalue weighted by Crippen LogP contribution is -2.32. The number of ether oxygens (including phenoxy) is 1. The minimum Gasteiger partial charge on any atom is -0.454 e. The van der Waals surface area contributed by atoms with Crippen LogP contribution in [0.4, 0.5) is 31.0 Å². The van der Waals surface area contributed by atoms with E-state index in [1.165, 1.54) is 47.3 Å². The Labute approximate surface area is 251 Å². The number of rotatable bonds is 8. The third-order valence-corrected chi connectivity index (χ3v) is 7.16. The first kappa shape index (κ1) is 28.5. The molecule has 0 saturated carbocycles. The second-order valence-corrected chi connectivity index (χ2v) is 10.3. The molecule has 1 aliphatic rings. The molecule has 0 radical (unpaired) electrons. The van der Waals surface area contributed by atoms with Crippen LogP contribution >= 0.6 is 0 Å². The van der Waals surface area contributed by atoms with Crippen LogP contribution in [0.3, 0.4) is 0 Å². The Morgan fingerprint density at radius 1 is 0.909 bits per heavy atom. The van der Waals surface area contributed by atoms with Crippen molar-refractivity contribution in [3.8, 4) is 22.6 Å². The van der Waals surface area contributed by atoms with Crippen LogP contribution in [-0.4, -0.2) is 38.6 Å². The first-order valence-corrected chi connectivity index (χ1v) is 14.1. The van der Waals surface area contributed by atoms with Crippen molar-refractivity contribution in [3.63, 3.8) is 0 Å². The zero-order valence-electron chi connectivity index (χ0n) is 23.5. The van der Waals surface area contributed by atoms with Gasteiger partial charge in [0.1, 0.15) is 17.4 Å². The third-order valence-electron chi connectivity index (χ3n) is 7.16. The summed E-state index contributed by atoms with van der Waals surface area (Å²) in [5.74, 6) is -0.320. The molecule has 3 aromatic carbocycles. The number of aromatic nitrogens is 3. The molecule has 0 aliphatic carbocycles. The van der Waals surface area contributed by atoms with Crippen molar-refractivity contribution in [2.45, 2.75) is 19.4 Å². The molecule has 11 heteroatoms. The normalized spacial score (nSPS) is 12.6. The molecule has 1 fully saturated rings. The summed E-state index contributed by atoms with van der Waals surface area (Å²) in [5, 5.41) is 5.82. The maximum atomic E-state index is 15.3. The summed E-state index contributed by atoms with van der Waals surface area (Å²) in [6.07, 6.45) is 4.77. The summed E-state index contributed by atoms with van der Waals surface area (Å²) in [4.78, 5) is 36.5. The van der Waals surface area contributed by atoms with Gasteiger partial charge in [0, 0.05) is 37.2 Å². The van der Waals surface area contributed by atoms with Crippen LogP contribution in [0.25, 0.3) is 11.1 Å². The van der Waals surface area contributed by atoms with Crippen LogP contribution in [0.5, 0.6) is 11.5 Å². The highest BCUT2D eigenvalue weighted by molar-refractivity contribution is 5.88. The summed E-state index contributed by atoms with van der Waals surface area (Å²) < 4.78 is 36.0. The van der Waals surface area contributed by atoms with Crippen molar-refractivity contribution in [3.05, 3.63) is 125 Å². The second kappa shape index (κ2) is 12.7. The summed E-state index contributed by atoms with van der Waals surface area (Å²) in [6, 6.07) is 22.1. The van der Waals surface area contributed by atoms with Crippen LogP contribution in [0.15, 0.2) is 102 Å². The molecule has 222 valence electrons. The molecular weight excluding hydrogens is 566 g/mol. The van der Waals surface area contributed by atoms with Crippen LogP contribution < -0.4 is 20.9 Å². The number of nitrogens with one attached hydrogen (secondary N) is 2. The van der Waals surface area contributed by atoms with Crippen molar-refractivity contribution >= 4 is 23.5 Å². The Hall–Kier alpha value is -5.58. The lowest BCUT2D eigenvalue weighted by atomic mass is 10.1. The van der Waals surface area contributed by atoms with Crippen molar-refractivity contribution < 1.29 is 18.3 Å². The summed E-state index contributed by atoms with van der Waals surface area (Å²) >= 11 is 0. The molecule has 0 bridgehead atoms. The van der Waals surface area contributed by atoms with Gasteiger partial charge in [0.15, 0.2) is 11.6 Å². The van der Waals surface area contributed by atoms with Gasteiger partial charge in [-0.1, -0.05) is 36.4 Å². The van der Waals surface area contributed by atoms with Gasteiger partial charge in [0.05, 0.1) is 12.1 Å². The highest BCUT2D eigenvalue weighted by Gasteiger charge is 2.19. The number of hydrogen-bond donors (Lipinski definition) is 2. The van der Waals surface area contributed by atoms with E-state index in [0.29, 0.717) is 24.3 Å². The molecule has 9 nitrogen and oxygen atoms in total. The number of amides is 2. The quantitative estimate of drug-likeness (QED) is 0.205. The van der Waals surface area contributed by atoms with Gasteiger partial charge in [-0.15, -0.1) is 0 Å². The predicted octanol–water partition coefficient (Wildman–Crippen LogP) is 6.80. The minimum atomic E-state index is -0.690. The molecule has 44 heavy (non-hydrogen) atoms. The van der Waals surface area contributed by atoms with Gasteiger partial charge in [0.25, 0.3) is 5.56 Å². The number of benzene rings is 3. The van der Waals surface area contributed by atoms with Gasteiger partial charge >= 0.3 is 6.03 Å². The van der Waals surface area contributed by atoms with Crippen molar-refractivity contribution in [1.82, 2.24) is 19.4 Å². The van der Waals surface area contributed by atoms with Crippen molar-refractivity contribution in [1.29, 1.82) is 0 Å². The number of anilines is 3. The van der Waals surface area contributed by atoms with E-state index in [1.54, 1.807) is 29.2 Å². The average Bonchev–Trinajstić information content (AvgIpc) is 3.58. The Balaban J connectivity index is 1.25. The maximum absolute atomic E-state index is 15.3. The Morgan fingerprint density at radius 3 is 2.43 bits per heavy atom. The van der Waals surface area contributed by atoms with E-state index in [4.69, 9.17) is 4.74 Å². The largest absolute Gasteiger partial charge is 0.454 e. The second-order valence-electron chi connectivity index (χ2n) is 10.3. The molecule has 5 aromatic rings. The van der Waals surface area contributed by atoms with E-state index in [2.05, 4.69) is 20.6 Å². The topological polar surface area (TPSA) is 101 Å². The fourth-order valence-electron chi connectivity index (χ4n) is 4.89. The molecule has 2 aromatic heterocycles. The molecule has 0 unspecified atom stereocenters. The summed E-state index contributed by atoms with van der Waals surface area (Å²) in [6.45, 7) is 1.59. The van der Waals surface area contributed by atoms with E-state index >= 15 is 4.39 Å².